The molecule has 2 nitrogen and oxygen atoms in total. The molecule has 6 heteroatoms. The van der Waals surface area contributed by atoms with Crippen LogP contribution in [0.5, 0.6) is 0 Å². The van der Waals surface area contributed by atoms with Crippen LogP contribution in [-0.4, -0.2) is 35.4 Å². The van der Waals surface area contributed by atoms with Crippen LogP contribution in [0.2, 0.25) is 0 Å². The zero-order valence-corrected chi connectivity index (χ0v) is 14.1. The predicted octanol–water partition coefficient (Wildman–Crippen LogP) is 3.16. The Morgan fingerprint density at radius 2 is 1.96 bits per heavy atom. The second-order valence-electron chi connectivity index (χ2n) is 6.26. The van der Waals surface area contributed by atoms with Crippen LogP contribution in [0.4, 0.5) is 0 Å². The molecule has 3 rings (SSSR count). The zero-order chi connectivity index (χ0) is 17.3. The van der Waals surface area contributed by atoms with Gasteiger partial charge in [0.15, 0.2) is 0 Å². The number of nitrogens with one attached hydrogen (secondary N) is 1. The van der Waals surface area contributed by atoms with E-state index in [-0.39, 0.29) is 0 Å². The molecule has 2 heterocycles. The summed E-state index contributed by atoms with van der Waals surface area (Å²) in [6.45, 7) is 6.45. The number of aryl methyl sites for hydroxylation is 2. The van der Waals surface area contributed by atoms with Crippen LogP contribution in [0.15, 0.2) is 41.0 Å². The second-order valence-corrected chi connectivity index (χ2v) is 6.26. The minimum atomic E-state index is -1.42. The first-order chi connectivity index (χ1) is 11.4. The van der Waals surface area contributed by atoms with Crippen molar-refractivity contribution in [2.24, 2.45) is 0 Å². The van der Waals surface area contributed by atoms with Crippen LogP contribution in [0.1, 0.15) is 30.1 Å². The number of hydrogen-bond acceptors (Lipinski definition) is 1. The second kappa shape index (κ2) is 6.58. The van der Waals surface area contributed by atoms with E-state index < -0.39 is 5.11 Å². The van der Waals surface area contributed by atoms with Gasteiger partial charge in [0.25, 0.3) is 0 Å². The number of aromatic nitrogens is 1. The van der Waals surface area contributed by atoms with E-state index in [9.17, 15) is 0 Å². The number of aromatic amines is 1. The molecular weight excluding hydrogens is 289 g/mol. The standard InChI is InChI=1S/C18H17B4NO/c1-3-6-15-11(2)23-17(22-15)12-9-16(24-10-12)13-7-4-5-8-14(13)18(19,20)21/h4-5,7-10,23H,3,6H2,1-2H3. The van der Waals surface area contributed by atoms with Crippen molar-refractivity contribution in [3.05, 3.63) is 53.3 Å². The van der Waals surface area contributed by atoms with E-state index in [1.54, 1.807) is 6.26 Å². The number of hydrogen-bond donors (Lipinski definition) is 1. The van der Waals surface area contributed by atoms with Gasteiger partial charge in [0.05, 0.1) is 0 Å². The molecule has 0 aliphatic heterocycles. The van der Waals surface area contributed by atoms with Gasteiger partial charge in [0.2, 0.25) is 0 Å². The fourth-order valence-corrected chi connectivity index (χ4v) is 2.98. The van der Waals surface area contributed by atoms with Gasteiger partial charge >= 0.3 is 147 Å². The molecular formula is C18H17B4NO. The fraction of sp³-hybridized carbons (Fsp3) is 0.278. The Hall–Kier alpha value is -1.83. The van der Waals surface area contributed by atoms with E-state index in [4.69, 9.17) is 28.0 Å². The summed E-state index contributed by atoms with van der Waals surface area (Å²) >= 11 is 0. The number of H-pyrrole nitrogens is 1. The molecule has 1 N–H and O–H groups in total. The summed E-state index contributed by atoms with van der Waals surface area (Å²) in [6.07, 6.45) is 3.91. The molecule has 0 bridgehead atoms. The molecule has 6 radical (unpaired) electrons. The monoisotopic (exact) mass is 307 g/mol. The summed E-state index contributed by atoms with van der Waals surface area (Å²) in [6, 6.07) is 9.46. The molecule has 0 aliphatic rings. The van der Waals surface area contributed by atoms with Crippen molar-refractivity contribution in [2.75, 3.05) is 0 Å². The third-order valence-corrected chi connectivity index (χ3v) is 4.21. The Labute approximate surface area is 147 Å². The first kappa shape index (κ1) is 17.0. The van der Waals surface area contributed by atoms with Crippen molar-refractivity contribution in [1.82, 2.24) is 4.98 Å². The number of furan rings is 1. The zero-order valence-electron chi connectivity index (χ0n) is 14.1. The van der Waals surface area contributed by atoms with Gasteiger partial charge < -0.3 is 0 Å². The molecule has 3 aromatic rings. The van der Waals surface area contributed by atoms with Gasteiger partial charge in [-0.2, -0.15) is 0 Å². The van der Waals surface area contributed by atoms with Crippen molar-refractivity contribution in [2.45, 2.75) is 31.8 Å². The van der Waals surface area contributed by atoms with Gasteiger partial charge in [0, 0.05) is 0 Å². The molecule has 0 fully saturated rings. The molecule has 0 aliphatic carbocycles. The van der Waals surface area contributed by atoms with Gasteiger partial charge in [-0.1, -0.05) is 0 Å². The topological polar surface area (TPSA) is 28.9 Å². The molecule has 0 unspecified atom stereocenters. The van der Waals surface area contributed by atoms with Gasteiger partial charge in [0.1, 0.15) is 0 Å². The normalized spacial score (nSPS) is 11.6. The van der Waals surface area contributed by atoms with E-state index in [1.807, 2.05) is 30.3 Å². The summed E-state index contributed by atoms with van der Waals surface area (Å²) in [5.41, 5.74) is 6.00. The Morgan fingerprint density at radius 1 is 1.21 bits per heavy atom. The van der Waals surface area contributed by atoms with Crippen molar-refractivity contribution in [1.29, 1.82) is 0 Å². The average Bonchev–Trinajstić information content (AvgIpc) is 3.14. The van der Waals surface area contributed by atoms with E-state index in [1.165, 1.54) is 11.2 Å². The van der Waals surface area contributed by atoms with Gasteiger partial charge in [-0.25, -0.2) is 0 Å². The van der Waals surface area contributed by atoms with Crippen molar-refractivity contribution >= 4 is 30.4 Å². The Balaban J connectivity index is 1.99. The van der Waals surface area contributed by atoms with Crippen LogP contribution in [-0.2, 0) is 11.5 Å². The third kappa shape index (κ3) is 3.33. The van der Waals surface area contributed by atoms with Crippen LogP contribution in [0.25, 0.3) is 22.5 Å². The van der Waals surface area contributed by atoms with Crippen LogP contribution in [0, 0.1) is 6.92 Å². The predicted molar refractivity (Wildman–Crippen MR) is 103 cm³/mol. The maximum absolute atomic E-state index is 5.88. The molecule has 112 valence electrons. The molecule has 2 aromatic heterocycles. The van der Waals surface area contributed by atoms with Crippen molar-refractivity contribution in [3.8, 4) is 22.5 Å². The third-order valence-electron chi connectivity index (χ3n) is 4.21. The molecule has 1 aromatic carbocycles. The summed E-state index contributed by atoms with van der Waals surface area (Å²) < 4.78 is 5.76. The molecule has 0 atom stereocenters. The molecule has 0 amide bonds. The fourth-order valence-electron chi connectivity index (χ4n) is 2.98. The van der Waals surface area contributed by atoms with Crippen LogP contribution in [0.3, 0.4) is 0 Å². The van der Waals surface area contributed by atoms with E-state index in [0.717, 1.165) is 29.6 Å². The summed E-state index contributed by atoms with van der Waals surface area (Å²) in [4.78, 5) is 3.42. The number of benzene rings is 1. The average molecular weight is 307 g/mol. The summed E-state index contributed by atoms with van der Waals surface area (Å²) in [7, 11) is 17.6. The van der Waals surface area contributed by atoms with Gasteiger partial charge in [-0.15, -0.1) is 0 Å². The van der Waals surface area contributed by atoms with E-state index >= 15 is 0 Å². The maximum atomic E-state index is 5.88. The Bertz CT molecular complexity index is 845. The first-order valence-electron chi connectivity index (χ1n) is 8.14. The van der Waals surface area contributed by atoms with Crippen molar-refractivity contribution < 1.29 is 4.42 Å². The molecule has 24 heavy (non-hydrogen) atoms. The van der Waals surface area contributed by atoms with Gasteiger partial charge in [-0.05, 0) is 0 Å². The molecule has 0 saturated heterocycles. The van der Waals surface area contributed by atoms with E-state index in [0.29, 0.717) is 11.3 Å². The molecule has 0 spiro atoms. The Morgan fingerprint density at radius 3 is 2.67 bits per heavy atom. The summed E-state index contributed by atoms with van der Waals surface area (Å²) in [5, 5.41) is -1.42. The number of rotatable bonds is 5. The van der Waals surface area contributed by atoms with Gasteiger partial charge in [-0.3, -0.25) is 0 Å². The quantitative estimate of drug-likeness (QED) is 0.721. The SMILES string of the molecule is [B]C([B])([B])c1ccccc1-c1cc(-c2bc(CCC)c(C)[nH]2)co1. The van der Waals surface area contributed by atoms with Crippen LogP contribution < -0.4 is 0 Å². The molecule has 0 saturated carbocycles. The van der Waals surface area contributed by atoms with Crippen molar-refractivity contribution in [3.63, 3.8) is 0 Å². The first-order valence-corrected chi connectivity index (χ1v) is 8.14. The van der Waals surface area contributed by atoms with E-state index in [2.05, 4.69) is 25.7 Å². The Kier molecular flexibility index (Phi) is 4.67. The minimum absolute atomic E-state index is 0.639. The van der Waals surface area contributed by atoms with Crippen LogP contribution >= 0.6 is 0 Å². The summed E-state index contributed by atoms with van der Waals surface area (Å²) in [5.74, 6) is 0.690.